The van der Waals surface area contributed by atoms with Crippen LogP contribution in [0.2, 0.25) is 0 Å². The number of nitrogens with two attached hydrogens (primary N) is 1. The maximum absolute atomic E-state index is 11.0. The summed E-state index contributed by atoms with van der Waals surface area (Å²) in [5, 5.41) is 11.0. The Morgan fingerprint density at radius 3 is 2.65 bits per heavy atom. The van der Waals surface area contributed by atoms with E-state index in [1.54, 1.807) is 37.4 Å². The van der Waals surface area contributed by atoms with Crippen molar-refractivity contribution in [1.29, 1.82) is 0 Å². The van der Waals surface area contributed by atoms with Gasteiger partial charge in [-0.2, -0.15) is 0 Å². The van der Waals surface area contributed by atoms with Crippen molar-refractivity contribution in [3.63, 3.8) is 0 Å². The summed E-state index contributed by atoms with van der Waals surface area (Å²) in [7, 11) is 0. The summed E-state index contributed by atoms with van der Waals surface area (Å²) in [6.45, 7) is 3.63. The monoisotopic (exact) mass is 273 g/mol. The van der Waals surface area contributed by atoms with Gasteiger partial charge in [-0.25, -0.2) is 4.98 Å². The predicted octanol–water partition coefficient (Wildman–Crippen LogP) is 3.11. The van der Waals surface area contributed by atoms with Crippen LogP contribution in [0, 0.1) is 17.0 Å². The van der Waals surface area contributed by atoms with Crippen molar-refractivity contribution in [2.75, 3.05) is 0 Å². The standard InChI is InChI=1S/C14H15N3O3/c1-9-3-5-13(12(7-9)17(18)19)20-14-6-4-11(8-16-14)10(2)15/h3-8,10H,15H2,1-2H3/t10-/m0/s1. The molecule has 20 heavy (non-hydrogen) atoms. The van der Waals surface area contributed by atoms with Gasteiger partial charge in [-0.05, 0) is 31.0 Å². The van der Waals surface area contributed by atoms with Gasteiger partial charge in [0.2, 0.25) is 11.6 Å². The third kappa shape index (κ3) is 3.10. The van der Waals surface area contributed by atoms with Crippen molar-refractivity contribution in [3.05, 3.63) is 57.8 Å². The first-order valence-corrected chi connectivity index (χ1v) is 6.12. The van der Waals surface area contributed by atoms with Gasteiger partial charge in [-0.1, -0.05) is 12.1 Å². The summed E-state index contributed by atoms with van der Waals surface area (Å²) >= 11 is 0. The molecule has 6 nitrogen and oxygen atoms in total. The largest absolute Gasteiger partial charge is 0.432 e. The van der Waals surface area contributed by atoms with E-state index in [2.05, 4.69) is 4.98 Å². The molecule has 1 atom stereocenters. The second kappa shape index (κ2) is 5.66. The van der Waals surface area contributed by atoms with Crippen LogP contribution >= 0.6 is 0 Å². The first-order chi connectivity index (χ1) is 9.47. The fraction of sp³-hybridized carbons (Fsp3) is 0.214. The number of nitro groups is 1. The van der Waals surface area contributed by atoms with E-state index >= 15 is 0 Å². The lowest BCUT2D eigenvalue weighted by molar-refractivity contribution is -0.385. The second-order valence-corrected chi connectivity index (χ2v) is 4.55. The number of benzene rings is 1. The normalized spacial score (nSPS) is 11.9. The summed E-state index contributed by atoms with van der Waals surface area (Å²) < 4.78 is 5.47. The van der Waals surface area contributed by atoms with Gasteiger partial charge in [0.15, 0.2) is 0 Å². The smallest absolute Gasteiger partial charge is 0.311 e. The molecule has 0 radical (unpaired) electrons. The molecule has 2 rings (SSSR count). The molecule has 0 bridgehead atoms. The quantitative estimate of drug-likeness (QED) is 0.682. The number of ether oxygens (including phenoxy) is 1. The molecular formula is C14H15N3O3. The fourth-order valence-electron chi connectivity index (χ4n) is 1.69. The lowest BCUT2D eigenvalue weighted by atomic mass is 10.2. The Kier molecular flexibility index (Phi) is 3.95. The Balaban J connectivity index is 2.28. The first kappa shape index (κ1) is 14.0. The molecule has 6 heteroatoms. The highest BCUT2D eigenvalue weighted by Gasteiger charge is 2.16. The molecule has 0 fully saturated rings. The minimum Gasteiger partial charge on any atom is -0.432 e. The second-order valence-electron chi connectivity index (χ2n) is 4.55. The molecular weight excluding hydrogens is 258 g/mol. The van der Waals surface area contributed by atoms with Crippen LogP contribution in [0.15, 0.2) is 36.5 Å². The van der Waals surface area contributed by atoms with Gasteiger partial charge in [0.25, 0.3) is 0 Å². The van der Waals surface area contributed by atoms with E-state index in [-0.39, 0.29) is 17.5 Å². The average molecular weight is 273 g/mol. The molecule has 0 aliphatic rings. The lowest BCUT2D eigenvalue weighted by Gasteiger charge is -2.08. The van der Waals surface area contributed by atoms with Gasteiger partial charge in [0.1, 0.15) is 0 Å². The van der Waals surface area contributed by atoms with E-state index < -0.39 is 4.92 Å². The van der Waals surface area contributed by atoms with E-state index in [1.807, 2.05) is 6.92 Å². The van der Waals surface area contributed by atoms with E-state index in [4.69, 9.17) is 10.5 Å². The first-order valence-electron chi connectivity index (χ1n) is 6.12. The van der Waals surface area contributed by atoms with E-state index in [0.29, 0.717) is 5.88 Å². The zero-order valence-corrected chi connectivity index (χ0v) is 11.2. The van der Waals surface area contributed by atoms with Crippen molar-refractivity contribution >= 4 is 5.69 Å². The lowest BCUT2D eigenvalue weighted by Crippen LogP contribution is -2.05. The minimum absolute atomic E-state index is 0.0805. The summed E-state index contributed by atoms with van der Waals surface area (Å²) in [6, 6.07) is 8.08. The fourth-order valence-corrected chi connectivity index (χ4v) is 1.69. The number of rotatable bonds is 4. The van der Waals surface area contributed by atoms with Gasteiger partial charge in [-0.15, -0.1) is 0 Å². The highest BCUT2D eigenvalue weighted by molar-refractivity contribution is 5.49. The topological polar surface area (TPSA) is 91.3 Å². The minimum atomic E-state index is -0.474. The van der Waals surface area contributed by atoms with E-state index in [0.717, 1.165) is 11.1 Å². The number of hydrogen-bond donors (Lipinski definition) is 1. The van der Waals surface area contributed by atoms with Crippen LogP contribution in [-0.2, 0) is 0 Å². The van der Waals surface area contributed by atoms with Crippen LogP contribution in [0.4, 0.5) is 5.69 Å². The average Bonchev–Trinajstić information content (AvgIpc) is 2.41. The molecule has 1 heterocycles. The van der Waals surface area contributed by atoms with Crippen LogP contribution in [0.3, 0.4) is 0 Å². The predicted molar refractivity (Wildman–Crippen MR) is 74.7 cm³/mol. The maximum atomic E-state index is 11.0. The van der Waals surface area contributed by atoms with Gasteiger partial charge in [-0.3, -0.25) is 10.1 Å². The number of nitro benzene ring substituents is 1. The van der Waals surface area contributed by atoms with Gasteiger partial charge < -0.3 is 10.5 Å². The van der Waals surface area contributed by atoms with Crippen molar-refractivity contribution in [2.45, 2.75) is 19.9 Å². The van der Waals surface area contributed by atoms with E-state index in [1.165, 1.54) is 6.07 Å². The van der Waals surface area contributed by atoms with Gasteiger partial charge in [0.05, 0.1) is 4.92 Å². The van der Waals surface area contributed by atoms with Crippen molar-refractivity contribution in [2.24, 2.45) is 5.73 Å². The molecule has 0 amide bonds. The molecule has 1 aromatic heterocycles. The van der Waals surface area contributed by atoms with Gasteiger partial charge in [0, 0.05) is 24.4 Å². The van der Waals surface area contributed by atoms with E-state index in [9.17, 15) is 10.1 Å². The zero-order valence-electron chi connectivity index (χ0n) is 11.2. The number of nitrogens with zero attached hydrogens (tertiary/aromatic N) is 2. The molecule has 2 aromatic rings. The molecule has 1 aromatic carbocycles. The summed E-state index contributed by atoms with van der Waals surface area (Å²) in [6.07, 6.45) is 1.60. The van der Waals surface area contributed by atoms with Crippen molar-refractivity contribution < 1.29 is 9.66 Å². The van der Waals surface area contributed by atoms with Crippen LogP contribution in [0.5, 0.6) is 11.6 Å². The zero-order chi connectivity index (χ0) is 14.7. The van der Waals surface area contributed by atoms with Crippen LogP contribution in [-0.4, -0.2) is 9.91 Å². The third-order valence-electron chi connectivity index (χ3n) is 2.81. The van der Waals surface area contributed by atoms with Crippen LogP contribution in [0.25, 0.3) is 0 Å². The molecule has 0 aliphatic carbocycles. The Hall–Kier alpha value is -2.47. The Bertz CT molecular complexity index is 624. The third-order valence-corrected chi connectivity index (χ3v) is 2.81. The summed E-state index contributed by atoms with van der Waals surface area (Å²) in [5.74, 6) is 0.461. The molecule has 0 saturated carbocycles. The van der Waals surface area contributed by atoms with Crippen molar-refractivity contribution in [1.82, 2.24) is 4.98 Å². The summed E-state index contributed by atoms with van der Waals surface area (Å²) in [4.78, 5) is 14.6. The number of aryl methyl sites for hydroxylation is 1. The van der Waals surface area contributed by atoms with Gasteiger partial charge >= 0.3 is 5.69 Å². The SMILES string of the molecule is Cc1ccc(Oc2ccc([C@H](C)N)cn2)c([N+](=O)[O-])c1. The maximum Gasteiger partial charge on any atom is 0.311 e. The Labute approximate surface area is 116 Å². The summed E-state index contributed by atoms with van der Waals surface area (Å²) in [5.41, 5.74) is 7.31. The molecule has 0 aliphatic heterocycles. The Morgan fingerprint density at radius 1 is 1.35 bits per heavy atom. The highest BCUT2D eigenvalue weighted by Crippen LogP contribution is 2.31. The highest BCUT2D eigenvalue weighted by atomic mass is 16.6. The molecule has 104 valence electrons. The number of aromatic nitrogens is 1. The Morgan fingerprint density at radius 2 is 2.10 bits per heavy atom. The molecule has 2 N–H and O–H groups in total. The van der Waals surface area contributed by atoms with Crippen LogP contribution < -0.4 is 10.5 Å². The van der Waals surface area contributed by atoms with Crippen molar-refractivity contribution in [3.8, 4) is 11.6 Å². The number of pyridine rings is 1. The molecule has 0 spiro atoms. The number of hydrogen-bond acceptors (Lipinski definition) is 5. The van der Waals surface area contributed by atoms with Crippen LogP contribution in [0.1, 0.15) is 24.1 Å². The molecule has 0 unspecified atom stereocenters. The molecule has 0 saturated heterocycles.